The highest BCUT2D eigenvalue weighted by Gasteiger charge is 2.65. The first kappa shape index (κ1) is 14.7. The highest BCUT2D eigenvalue weighted by atomic mass is 16.6. The minimum absolute atomic E-state index is 0.000758. The molecule has 2 fully saturated rings. The van der Waals surface area contributed by atoms with Gasteiger partial charge in [0.2, 0.25) is 5.91 Å². The van der Waals surface area contributed by atoms with Gasteiger partial charge in [0.15, 0.2) is 5.78 Å². The molecule has 2 atom stereocenters. The fourth-order valence-electron chi connectivity index (χ4n) is 3.93. The molecule has 2 saturated carbocycles. The molecule has 2 aliphatic rings. The van der Waals surface area contributed by atoms with E-state index >= 15 is 0 Å². The molecule has 1 amide bonds. The number of carbonyl (C=O) groups excluding carboxylic acids is 2. The Hall–Kier alpha value is -2.24. The van der Waals surface area contributed by atoms with Crippen LogP contribution in [0.5, 0.6) is 0 Å². The molecular formula is C16H18N2O4. The van der Waals surface area contributed by atoms with Gasteiger partial charge in [-0.3, -0.25) is 19.7 Å². The number of amides is 1. The van der Waals surface area contributed by atoms with Crippen molar-refractivity contribution in [2.45, 2.75) is 33.1 Å². The number of fused-ring (bicyclic) bond motifs is 2. The maximum Gasteiger partial charge on any atom is 0.271 e. The quantitative estimate of drug-likeness (QED) is 0.528. The van der Waals surface area contributed by atoms with E-state index < -0.39 is 15.8 Å². The summed E-state index contributed by atoms with van der Waals surface area (Å²) in [6.07, 6.45) is 2.03. The lowest BCUT2D eigenvalue weighted by atomic mass is 9.70. The van der Waals surface area contributed by atoms with Crippen molar-refractivity contribution in [3.05, 3.63) is 34.4 Å². The summed E-state index contributed by atoms with van der Waals surface area (Å²) in [4.78, 5) is 35.6. The van der Waals surface area contributed by atoms with Crippen molar-refractivity contribution in [2.24, 2.45) is 16.7 Å². The number of nitrogens with one attached hydrogen (secondary N) is 1. The normalized spacial score (nSPS) is 28.6. The Morgan fingerprint density at radius 1 is 1.41 bits per heavy atom. The summed E-state index contributed by atoms with van der Waals surface area (Å²) in [7, 11) is 0. The maximum absolute atomic E-state index is 12.7. The number of hydrogen-bond donors (Lipinski definition) is 1. The number of nitrogens with zero attached hydrogens (tertiary/aromatic N) is 1. The van der Waals surface area contributed by atoms with Gasteiger partial charge >= 0.3 is 0 Å². The summed E-state index contributed by atoms with van der Waals surface area (Å²) < 4.78 is 0. The summed E-state index contributed by atoms with van der Waals surface area (Å²) in [5, 5.41) is 13.5. The van der Waals surface area contributed by atoms with Crippen LogP contribution in [0.15, 0.2) is 24.3 Å². The molecule has 0 spiro atoms. The summed E-state index contributed by atoms with van der Waals surface area (Å²) in [6.45, 7) is 3.81. The molecular weight excluding hydrogens is 284 g/mol. The predicted octanol–water partition coefficient (Wildman–Crippen LogP) is 2.93. The third-order valence-corrected chi connectivity index (χ3v) is 5.30. The second-order valence-electron chi connectivity index (χ2n) is 6.83. The lowest BCUT2D eigenvalue weighted by molar-refractivity contribution is -0.384. The van der Waals surface area contributed by atoms with E-state index in [1.807, 2.05) is 13.8 Å². The van der Waals surface area contributed by atoms with E-state index in [0.717, 1.165) is 6.42 Å². The Balaban J connectivity index is 1.85. The summed E-state index contributed by atoms with van der Waals surface area (Å²) in [5.74, 6) is -0.0823. The van der Waals surface area contributed by atoms with E-state index in [0.29, 0.717) is 18.5 Å². The molecule has 0 aliphatic heterocycles. The number of nitro benzene ring substituents is 1. The Morgan fingerprint density at radius 2 is 2.14 bits per heavy atom. The topological polar surface area (TPSA) is 89.3 Å². The van der Waals surface area contributed by atoms with Crippen molar-refractivity contribution in [1.82, 2.24) is 0 Å². The molecule has 6 nitrogen and oxygen atoms in total. The van der Waals surface area contributed by atoms with Gasteiger partial charge in [0.25, 0.3) is 5.69 Å². The number of rotatable bonds is 3. The standard InChI is InChI=1S/C16H18N2O4/c1-15(2)10-6-7-16(9-10,13(15)19)14(20)17-11-4-3-5-12(8-11)18(21)22/h3-5,8,10H,6-7,9H2,1-2H3,(H,17,20). The second-order valence-corrected chi connectivity index (χ2v) is 6.83. The first-order chi connectivity index (χ1) is 10.3. The van der Waals surface area contributed by atoms with Crippen LogP contribution >= 0.6 is 0 Å². The molecule has 3 rings (SSSR count). The van der Waals surface area contributed by atoms with Crippen LogP contribution in [0.25, 0.3) is 0 Å². The predicted molar refractivity (Wildman–Crippen MR) is 80.3 cm³/mol. The number of benzene rings is 1. The van der Waals surface area contributed by atoms with Gasteiger partial charge in [0.05, 0.1) is 4.92 Å². The van der Waals surface area contributed by atoms with Crippen molar-refractivity contribution in [3.8, 4) is 0 Å². The highest BCUT2D eigenvalue weighted by Crippen LogP contribution is 2.60. The monoisotopic (exact) mass is 302 g/mol. The number of carbonyl (C=O) groups is 2. The molecule has 0 radical (unpaired) electrons. The summed E-state index contributed by atoms with van der Waals surface area (Å²) in [5.41, 5.74) is -1.15. The molecule has 1 N–H and O–H groups in total. The molecule has 0 aromatic heterocycles. The fourth-order valence-corrected chi connectivity index (χ4v) is 3.93. The minimum Gasteiger partial charge on any atom is -0.325 e. The van der Waals surface area contributed by atoms with E-state index in [-0.39, 0.29) is 23.3 Å². The third kappa shape index (κ3) is 1.94. The number of non-ortho nitro benzene ring substituents is 1. The lowest BCUT2D eigenvalue weighted by Crippen LogP contribution is -2.44. The van der Waals surface area contributed by atoms with Crippen LogP contribution in [-0.4, -0.2) is 16.6 Å². The van der Waals surface area contributed by atoms with Crippen molar-refractivity contribution in [3.63, 3.8) is 0 Å². The van der Waals surface area contributed by atoms with Gasteiger partial charge < -0.3 is 5.32 Å². The Morgan fingerprint density at radius 3 is 2.73 bits per heavy atom. The van der Waals surface area contributed by atoms with E-state index in [4.69, 9.17) is 0 Å². The minimum atomic E-state index is -0.960. The van der Waals surface area contributed by atoms with E-state index in [1.165, 1.54) is 18.2 Å². The van der Waals surface area contributed by atoms with Crippen LogP contribution in [0.3, 0.4) is 0 Å². The number of Topliss-reactive ketones (excluding diaryl/α,β-unsaturated/α-hetero) is 1. The van der Waals surface area contributed by atoms with Gasteiger partial charge in [0.1, 0.15) is 5.41 Å². The Kier molecular flexibility index (Phi) is 3.09. The van der Waals surface area contributed by atoms with Gasteiger partial charge in [-0.25, -0.2) is 0 Å². The number of nitro groups is 1. The van der Waals surface area contributed by atoms with Crippen molar-refractivity contribution >= 4 is 23.1 Å². The van der Waals surface area contributed by atoms with E-state index in [9.17, 15) is 19.7 Å². The van der Waals surface area contributed by atoms with Gasteiger partial charge in [0, 0.05) is 23.2 Å². The first-order valence-corrected chi connectivity index (χ1v) is 7.38. The Bertz CT molecular complexity index is 682. The average molecular weight is 302 g/mol. The smallest absolute Gasteiger partial charge is 0.271 e. The average Bonchev–Trinajstić information content (AvgIpc) is 2.99. The zero-order valence-corrected chi connectivity index (χ0v) is 12.6. The largest absolute Gasteiger partial charge is 0.325 e. The third-order valence-electron chi connectivity index (χ3n) is 5.30. The molecule has 0 saturated heterocycles. The molecule has 2 bridgehead atoms. The SMILES string of the molecule is CC1(C)C(=O)C2(C(=O)Nc3cccc([N+](=O)[O-])c3)CCC1C2. The first-order valence-electron chi connectivity index (χ1n) is 7.38. The molecule has 6 heteroatoms. The van der Waals surface area contributed by atoms with Crippen LogP contribution in [0.1, 0.15) is 33.1 Å². The highest BCUT2D eigenvalue weighted by molar-refractivity contribution is 6.15. The fraction of sp³-hybridized carbons (Fsp3) is 0.500. The van der Waals surface area contributed by atoms with Crippen LogP contribution in [0.4, 0.5) is 11.4 Å². The van der Waals surface area contributed by atoms with Crippen LogP contribution in [0, 0.1) is 26.9 Å². The number of hydrogen-bond acceptors (Lipinski definition) is 4. The van der Waals surface area contributed by atoms with Crippen molar-refractivity contribution in [1.29, 1.82) is 0 Å². The number of anilines is 1. The zero-order valence-electron chi connectivity index (χ0n) is 12.6. The molecule has 0 heterocycles. The number of ketones is 1. The van der Waals surface area contributed by atoms with Crippen LogP contribution in [0.2, 0.25) is 0 Å². The van der Waals surface area contributed by atoms with Crippen LogP contribution in [-0.2, 0) is 9.59 Å². The van der Waals surface area contributed by atoms with Gasteiger partial charge in [-0.05, 0) is 31.2 Å². The van der Waals surface area contributed by atoms with E-state index in [2.05, 4.69) is 5.32 Å². The Labute approximate surface area is 128 Å². The van der Waals surface area contributed by atoms with Gasteiger partial charge in [-0.15, -0.1) is 0 Å². The maximum atomic E-state index is 12.7. The summed E-state index contributed by atoms with van der Waals surface area (Å²) >= 11 is 0. The van der Waals surface area contributed by atoms with Crippen molar-refractivity contribution in [2.75, 3.05) is 5.32 Å². The summed E-state index contributed by atoms with van der Waals surface area (Å²) in [6, 6.07) is 5.79. The lowest BCUT2D eigenvalue weighted by Gasteiger charge is -2.32. The molecule has 1 aromatic rings. The van der Waals surface area contributed by atoms with Gasteiger partial charge in [-0.1, -0.05) is 19.9 Å². The van der Waals surface area contributed by atoms with Crippen LogP contribution < -0.4 is 5.32 Å². The second kappa shape index (κ2) is 4.63. The van der Waals surface area contributed by atoms with Gasteiger partial charge in [-0.2, -0.15) is 0 Å². The molecule has 22 heavy (non-hydrogen) atoms. The molecule has 116 valence electrons. The molecule has 2 aliphatic carbocycles. The van der Waals surface area contributed by atoms with E-state index in [1.54, 1.807) is 6.07 Å². The molecule has 1 aromatic carbocycles. The zero-order chi connectivity index (χ0) is 16.1. The van der Waals surface area contributed by atoms with Crippen molar-refractivity contribution < 1.29 is 14.5 Å². The molecule has 2 unspecified atom stereocenters.